The maximum Gasteiger partial charge on any atom is 0.304 e. The van der Waals surface area contributed by atoms with E-state index in [1.807, 2.05) is 6.07 Å². The maximum absolute atomic E-state index is 10.9. The van der Waals surface area contributed by atoms with Crippen LogP contribution in [0.4, 0.5) is 0 Å². The molecular formula is C13H15ClO4. The number of aliphatic carboxylic acids is 1. The minimum Gasteiger partial charge on any atom is -0.495 e. The number of methoxy groups -OCH3 is 2. The zero-order valence-electron chi connectivity index (χ0n) is 10.3. The highest BCUT2D eigenvalue weighted by Gasteiger charge is 2.48. The van der Waals surface area contributed by atoms with Crippen LogP contribution in [0.2, 0.25) is 5.02 Å². The first-order chi connectivity index (χ1) is 8.54. The van der Waals surface area contributed by atoms with E-state index in [4.69, 9.17) is 26.2 Å². The maximum atomic E-state index is 10.9. The Labute approximate surface area is 110 Å². The van der Waals surface area contributed by atoms with Gasteiger partial charge in [0, 0.05) is 11.0 Å². The number of carbonyl (C=O) groups is 1. The molecule has 18 heavy (non-hydrogen) atoms. The lowest BCUT2D eigenvalue weighted by atomic mass is 9.91. The van der Waals surface area contributed by atoms with Crippen LogP contribution in [0.1, 0.15) is 24.8 Å². The highest BCUT2D eigenvalue weighted by atomic mass is 35.5. The smallest absolute Gasteiger partial charge is 0.304 e. The van der Waals surface area contributed by atoms with Gasteiger partial charge in [0.25, 0.3) is 0 Å². The standard InChI is InChI=1S/C13H15ClO4/c1-17-9-4-3-8(12(18-2)11(9)14)13(5-6-13)7-10(15)16/h3-4H,5-7H2,1-2H3,(H,15,16). The molecule has 0 saturated heterocycles. The summed E-state index contributed by atoms with van der Waals surface area (Å²) >= 11 is 6.19. The molecule has 1 aliphatic rings. The number of carboxylic acid groups (broad SMARTS) is 1. The summed E-state index contributed by atoms with van der Waals surface area (Å²) in [4.78, 5) is 10.9. The molecule has 0 radical (unpaired) electrons. The summed E-state index contributed by atoms with van der Waals surface area (Å²) < 4.78 is 10.5. The number of hydrogen-bond acceptors (Lipinski definition) is 3. The Hall–Kier alpha value is -1.42. The van der Waals surface area contributed by atoms with Gasteiger partial charge in [0.2, 0.25) is 0 Å². The zero-order chi connectivity index (χ0) is 13.3. The predicted octanol–water partition coefficient (Wildman–Crippen LogP) is 2.86. The molecule has 0 bridgehead atoms. The number of carboxylic acids is 1. The first-order valence-electron chi connectivity index (χ1n) is 5.67. The molecule has 1 aromatic rings. The minimum atomic E-state index is -0.804. The minimum absolute atomic E-state index is 0.103. The third-order valence-electron chi connectivity index (χ3n) is 3.40. The monoisotopic (exact) mass is 270 g/mol. The Kier molecular flexibility index (Phi) is 3.39. The van der Waals surface area contributed by atoms with Gasteiger partial charge in [-0.05, 0) is 18.9 Å². The van der Waals surface area contributed by atoms with Crippen molar-refractivity contribution in [1.82, 2.24) is 0 Å². The lowest BCUT2D eigenvalue weighted by Crippen LogP contribution is -2.14. The van der Waals surface area contributed by atoms with Crippen molar-refractivity contribution in [1.29, 1.82) is 0 Å². The summed E-state index contributed by atoms with van der Waals surface area (Å²) in [5.74, 6) is 0.250. The quantitative estimate of drug-likeness (QED) is 0.894. The van der Waals surface area contributed by atoms with Crippen LogP contribution in [-0.2, 0) is 10.2 Å². The molecule has 1 aromatic carbocycles. The molecule has 0 atom stereocenters. The lowest BCUT2D eigenvalue weighted by Gasteiger charge is -2.19. The van der Waals surface area contributed by atoms with Gasteiger partial charge in [0.15, 0.2) is 0 Å². The average Bonchev–Trinajstić information content (AvgIpc) is 3.08. The Morgan fingerprint density at radius 1 is 1.39 bits per heavy atom. The van der Waals surface area contributed by atoms with Crippen molar-refractivity contribution in [3.63, 3.8) is 0 Å². The molecule has 1 aliphatic carbocycles. The summed E-state index contributed by atoms with van der Waals surface area (Å²) in [7, 11) is 3.06. The number of halogens is 1. The van der Waals surface area contributed by atoms with Crippen molar-refractivity contribution < 1.29 is 19.4 Å². The van der Waals surface area contributed by atoms with Crippen LogP contribution in [-0.4, -0.2) is 25.3 Å². The van der Waals surface area contributed by atoms with Crippen LogP contribution < -0.4 is 9.47 Å². The lowest BCUT2D eigenvalue weighted by molar-refractivity contribution is -0.137. The van der Waals surface area contributed by atoms with Crippen molar-refractivity contribution >= 4 is 17.6 Å². The number of hydrogen-bond donors (Lipinski definition) is 1. The van der Waals surface area contributed by atoms with E-state index in [0.29, 0.717) is 16.5 Å². The van der Waals surface area contributed by atoms with Crippen LogP contribution in [0.5, 0.6) is 11.5 Å². The van der Waals surface area contributed by atoms with Gasteiger partial charge >= 0.3 is 5.97 Å². The van der Waals surface area contributed by atoms with Gasteiger partial charge in [-0.15, -0.1) is 0 Å². The third kappa shape index (κ3) is 2.12. The molecule has 98 valence electrons. The fourth-order valence-corrected chi connectivity index (χ4v) is 2.61. The third-order valence-corrected chi connectivity index (χ3v) is 3.76. The van der Waals surface area contributed by atoms with Crippen LogP contribution >= 0.6 is 11.6 Å². The molecular weight excluding hydrogens is 256 g/mol. The molecule has 1 saturated carbocycles. The number of ether oxygens (including phenoxy) is 2. The van der Waals surface area contributed by atoms with Gasteiger partial charge in [0.05, 0.1) is 20.6 Å². The molecule has 0 spiro atoms. The number of rotatable bonds is 5. The fraction of sp³-hybridized carbons (Fsp3) is 0.462. The van der Waals surface area contributed by atoms with Gasteiger partial charge in [-0.3, -0.25) is 4.79 Å². The molecule has 5 heteroatoms. The molecule has 0 heterocycles. The average molecular weight is 271 g/mol. The van der Waals surface area contributed by atoms with Gasteiger partial charge in [0.1, 0.15) is 16.5 Å². The topological polar surface area (TPSA) is 55.8 Å². The van der Waals surface area contributed by atoms with Crippen LogP contribution in [0.25, 0.3) is 0 Å². The molecule has 0 aromatic heterocycles. The van der Waals surface area contributed by atoms with E-state index < -0.39 is 5.97 Å². The van der Waals surface area contributed by atoms with Gasteiger partial charge in [-0.25, -0.2) is 0 Å². The van der Waals surface area contributed by atoms with E-state index in [1.54, 1.807) is 6.07 Å². The molecule has 1 fully saturated rings. The molecule has 0 aliphatic heterocycles. The molecule has 0 unspecified atom stereocenters. The predicted molar refractivity (Wildman–Crippen MR) is 67.7 cm³/mol. The van der Waals surface area contributed by atoms with E-state index in [0.717, 1.165) is 18.4 Å². The van der Waals surface area contributed by atoms with Crippen LogP contribution in [0.3, 0.4) is 0 Å². The Morgan fingerprint density at radius 3 is 2.50 bits per heavy atom. The summed E-state index contributed by atoms with van der Waals surface area (Å²) in [5.41, 5.74) is 0.533. The molecule has 4 nitrogen and oxygen atoms in total. The van der Waals surface area contributed by atoms with Crippen molar-refractivity contribution in [3.8, 4) is 11.5 Å². The summed E-state index contributed by atoms with van der Waals surface area (Å²) in [6.45, 7) is 0. The van der Waals surface area contributed by atoms with Gasteiger partial charge < -0.3 is 14.6 Å². The first-order valence-corrected chi connectivity index (χ1v) is 6.04. The molecule has 1 N–H and O–H groups in total. The van der Waals surface area contributed by atoms with Crippen molar-refractivity contribution in [2.24, 2.45) is 0 Å². The van der Waals surface area contributed by atoms with Crippen molar-refractivity contribution in [2.75, 3.05) is 14.2 Å². The van der Waals surface area contributed by atoms with Crippen molar-refractivity contribution in [3.05, 3.63) is 22.7 Å². The van der Waals surface area contributed by atoms with E-state index >= 15 is 0 Å². The second-order valence-corrected chi connectivity index (χ2v) is 4.89. The van der Waals surface area contributed by atoms with Crippen LogP contribution in [0.15, 0.2) is 12.1 Å². The first kappa shape index (κ1) is 13.0. The van der Waals surface area contributed by atoms with E-state index in [1.165, 1.54) is 14.2 Å². The highest BCUT2D eigenvalue weighted by molar-refractivity contribution is 6.33. The molecule has 2 rings (SSSR count). The normalized spacial score (nSPS) is 16.2. The summed E-state index contributed by atoms with van der Waals surface area (Å²) in [6.07, 6.45) is 1.79. The highest BCUT2D eigenvalue weighted by Crippen LogP contribution is 2.56. The van der Waals surface area contributed by atoms with Crippen LogP contribution in [0, 0.1) is 0 Å². The Morgan fingerprint density at radius 2 is 2.06 bits per heavy atom. The Balaban J connectivity index is 2.45. The fourth-order valence-electron chi connectivity index (χ4n) is 2.29. The zero-order valence-corrected chi connectivity index (χ0v) is 11.1. The van der Waals surface area contributed by atoms with Gasteiger partial charge in [-0.1, -0.05) is 17.7 Å². The van der Waals surface area contributed by atoms with E-state index in [2.05, 4.69) is 0 Å². The van der Waals surface area contributed by atoms with Crippen molar-refractivity contribution in [2.45, 2.75) is 24.7 Å². The Bertz CT molecular complexity index is 480. The van der Waals surface area contributed by atoms with E-state index in [-0.39, 0.29) is 11.8 Å². The number of benzene rings is 1. The summed E-state index contributed by atoms with van der Waals surface area (Å²) in [5, 5.41) is 9.38. The van der Waals surface area contributed by atoms with E-state index in [9.17, 15) is 4.79 Å². The second kappa shape index (κ2) is 4.69. The largest absolute Gasteiger partial charge is 0.495 e. The SMILES string of the molecule is COc1ccc(C2(CC(=O)O)CC2)c(OC)c1Cl. The second-order valence-electron chi connectivity index (χ2n) is 4.51. The summed E-state index contributed by atoms with van der Waals surface area (Å²) in [6, 6.07) is 3.60. The molecule has 0 amide bonds. The van der Waals surface area contributed by atoms with Gasteiger partial charge in [-0.2, -0.15) is 0 Å².